The summed E-state index contributed by atoms with van der Waals surface area (Å²) in [5.41, 5.74) is -0.128. The minimum absolute atomic E-state index is 0.178. The smallest absolute Gasteiger partial charge is 0.329 e. The highest BCUT2D eigenvalue weighted by molar-refractivity contribution is 6.55. The van der Waals surface area contributed by atoms with Crippen LogP contribution in [0.4, 0.5) is 0 Å². The molecule has 0 saturated heterocycles. The van der Waals surface area contributed by atoms with Gasteiger partial charge < -0.3 is 4.74 Å². The van der Waals surface area contributed by atoms with Crippen LogP contribution in [0.5, 0.6) is 0 Å². The number of carbonyl (C=O) groups excluding carboxylic acids is 4. The number of ketones is 1. The molecule has 0 aromatic heterocycles. The van der Waals surface area contributed by atoms with E-state index in [9.17, 15) is 19.2 Å². The van der Waals surface area contributed by atoms with E-state index in [1.807, 2.05) is 0 Å². The van der Waals surface area contributed by atoms with Crippen molar-refractivity contribution in [3.63, 3.8) is 0 Å². The van der Waals surface area contributed by atoms with E-state index in [2.05, 4.69) is 0 Å². The predicted molar refractivity (Wildman–Crippen MR) is 113 cm³/mol. The van der Waals surface area contributed by atoms with Crippen molar-refractivity contribution < 1.29 is 23.9 Å². The van der Waals surface area contributed by atoms with Gasteiger partial charge in [0.1, 0.15) is 6.04 Å². The molecule has 0 spiro atoms. The Morgan fingerprint density at radius 1 is 0.833 bits per heavy atom. The number of Topliss-reactive ketones (excluding diaryl/α,β-unsaturated/α-hetero) is 1. The number of hydrogen-bond acceptors (Lipinski definition) is 5. The van der Waals surface area contributed by atoms with Gasteiger partial charge in [0, 0.05) is 5.56 Å². The van der Waals surface area contributed by atoms with Gasteiger partial charge in [-0.2, -0.15) is 0 Å². The number of rotatable bonds is 5. The first-order chi connectivity index (χ1) is 14.1. The van der Waals surface area contributed by atoms with E-state index in [0.29, 0.717) is 10.5 Å². The van der Waals surface area contributed by atoms with E-state index >= 15 is 0 Å². The Balaban J connectivity index is 1.84. The molecule has 0 unspecified atom stereocenters. The second kappa shape index (κ2) is 8.55. The lowest BCUT2D eigenvalue weighted by atomic mass is 10.1. The fourth-order valence-electron chi connectivity index (χ4n) is 2.99. The molecule has 0 radical (unpaired) electrons. The topological polar surface area (TPSA) is 80.8 Å². The number of imide groups is 1. The van der Waals surface area contributed by atoms with Gasteiger partial charge in [-0.15, -0.1) is 0 Å². The van der Waals surface area contributed by atoms with Gasteiger partial charge >= 0.3 is 5.97 Å². The van der Waals surface area contributed by atoms with Gasteiger partial charge in [0.25, 0.3) is 11.8 Å². The summed E-state index contributed by atoms with van der Waals surface area (Å²) in [6.45, 7) is 2.68. The second-order valence-corrected chi connectivity index (χ2v) is 7.98. The molecule has 1 aliphatic heterocycles. The third kappa shape index (κ3) is 3.69. The summed E-state index contributed by atoms with van der Waals surface area (Å²) in [6, 6.07) is 6.90. The van der Waals surface area contributed by atoms with Crippen molar-refractivity contribution >= 4 is 70.0 Å². The van der Waals surface area contributed by atoms with E-state index in [1.54, 1.807) is 30.3 Å². The number of benzene rings is 2. The molecule has 0 fully saturated rings. The Kier molecular flexibility index (Phi) is 6.43. The average molecular weight is 489 g/mol. The lowest BCUT2D eigenvalue weighted by molar-refractivity contribution is -0.150. The maximum atomic E-state index is 12.8. The first-order valence-electron chi connectivity index (χ1n) is 8.61. The Bertz CT molecular complexity index is 1040. The largest absolute Gasteiger partial charge is 0.453 e. The highest BCUT2D eigenvalue weighted by Gasteiger charge is 2.46. The van der Waals surface area contributed by atoms with Crippen LogP contribution in [0.3, 0.4) is 0 Å². The molecule has 0 N–H and O–H groups in total. The molecular formula is C20H13Cl4NO5. The summed E-state index contributed by atoms with van der Waals surface area (Å²) in [7, 11) is 0. The number of esters is 1. The number of halogens is 4. The van der Waals surface area contributed by atoms with Crippen molar-refractivity contribution in [3.05, 3.63) is 67.1 Å². The maximum absolute atomic E-state index is 12.8. The molecule has 0 aliphatic carbocycles. The molecule has 2 amide bonds. The number of ether oxygens (including phenoxy) is 1. The van der Waals surface area contributed by atoms with Crippen molar-refractivity contribution in [1.82, 2.24) is 4.90 Å². The van der Waals surface area contributed by atoms with Crippen LogP contribution >= 0.6 is 46.4 Å². The van der Waals surface area contributed by atoms with Crippen molar-refractivity contribution in [1.29, 1.82) is 0 Å². The van der Waals surface area contributed by atoms with Crippen LogP contribution in [-0.4, -0.2) is 40.6 Å². The zero-order valence-corrected chi connectivity index (χ0v) is 18.6. The molecule has 3 rings (SSSR count). The Hall–Kier alpha value is -2.12. The first kappa shape index (κ1) is 22.6. The van der Waals surface area contributed by atoms with Crippen LogP contribution in [-0.2, 0) is 9.53 Å². The molecule has 10 heteroatoms. The first-order valence-corrected chi connectivity index (χ1v) is 10.1. The van der Waals surface area contributed by atoms with E-state index in [4.69, 9.17) is 51.1 Å². The van der Waals surface area contributed by atoms with E-state index in [1.165, 1.54) is 13.8 Å². The van der Waals surface area contributed by atoms with Gasteiger partial charge in [-0.3, -0.25) is 19.3 Å². The second-order valence-electron chi connectivity index (χ2n) is 6.47. The van der Waals surface area contributed by atoms with Gasteiger partial charge in [0.2, 0.25) is 5.78 Å². The molecule has 2 aromatic carbocycles. The quantitative estimate of drug-likeness (QED) is 0.192. The molecule has 2 atom stereocenters. The standard InChI is InChI=1S/C20H13Cl4NO5/c1-8(20(29)30-9(2)17(26)10-6-4-3-5-7-10)25-18(27)11-12(19(25)28)14(22)16(24)15(23)13(11)21/h3-9H,1-2H3/t8-,9-/m1/s1. The Labute approximate surface area is 191 Å². The lowest BCUT2D eigenvalue weighted by Crippen LogP contribution is -2.45. The molecule has 156 valence electrons. The zero-order chi connectivity index (χ0) is 22.3. The van der Waals surface area contributed by atoms with Crippen LogP contribution in [0.15, 0.2) is 30.3 Å². The summed E-state index contributed by atoms with van der Waals surface area (Å²) >= 11 is 24.1. The molecule has 0 bridgehead atoms. The molecular weight excluding hydrogens is 476 g/mol. The van der Waals surface area contributed by atoms with Crippen molar-refractivity contribution in [2.24, 2.45) is 0 Å². The van der Waals surface area contributed by atoms with Gasteiger partial charge in [0.15, 0.2) is 6.10 Å². The average Bonchev–Trinajstić information content (AvgIpc) is 3.00. The Morgan fingerprint density at radius 3 is 1.77 bits per heavy atom. The molecule has 30 heavy (non-hydrogen) atoms. The van der Waals surface area contributed by atoms with Crippen molar-refractivity contribution in [2.45, 2.75) is 26.0 Å². The number of carbonyl (C=O) groups is 4. The van der Waals surface area contributed by atoms with Crippen LogP contribution in [0.1, 0.15) is 44.9 Å². The van der Waals surface area contributed by atoms with Crippen LogP contribution in [0.25, 0.3) is 0 Å². The summed E-state index contributed by atoms with van der Waals surface area (Å²) < 4.78 is 5.19. The zero-order valence-electron chi connectivity index (χ0n) is 15.5. The summed E-state index contributed by atoms with van der Waals surface area (Å²) in [5.74, 6) is -3.12. The van der Waals surface area contributed by atoms with E-state index < -0.39 is 35.7 Å². The normalized spacial score (nSPS) is 15.1. The highest BCUT2D eigenvalue weighted by Crippen LogP contribution is 2.45. The third-order valence-corrected chi connectivity index (χ3v) is 6.38. The highest BCUT2D eigenvalue weighted by atomic mass is 35.5. The number of fused-ring (bicyclic) bond motifs is 1. The SMILES string of the molecule is C[C@H](C(=O)O[C@H](C)C(=O)c1ccccc1)N1C(=O)c2c(Cl)c(Cl)c(Cl)c(Cl)c2C1=O. The number of amides is 2. The minimum atomic E-state index is -1.35. The summed E-state index contributed by atoms with van der Waals surface area (Å²) in [4.78, 5) is 51.3. The van der Waals surface area contributed by atoms with Crippen LogP contribution in [0.2, 0.25) is 20.1 Å². The maximum Gasteiger partial charge on any atom is 0.329 e. The van der Waals surface area contributed by atoms with E-state index in [-0.39, 0.29) is 31.2 Å². The number of nitrogens with zero attached hydrogens (tertiary/aromatic N) is 1. The van der Waals surface area contributed by atoms with Gasteiger partial charge in [0.05, 0.1) is 31.2 Å². The van der Waals surface area contributed by atoms with Crippen molar-refractivity contribution in [3.8, 4) is 0 Å². The fourth-order valence-corrected chi connectivity index (χ4v) is 4.00. The van der Waals surface area contributed by atoms with E-state index in [0.717, 1.165) is 0 Å². The fraction of sp³-hybridized carbons (Fsp3) is 0.200. The molecule has 0 saturated carbocycles. The lowest BCUT2D eigenvalue weighted by Gasteiger charge is -2.22. The minimum Gasteiger partial charge on any atom is -0.453 e. The molecule has 2 aromatic rings. The van der Waals surface area contributed by atoms with Crippen molar-refractivity contribution in [2.75, 3.05) is 0 Å². The van der Waals surface area contributed by atoms with Crippen LogP contribution in [0, 0.1) is 0 Å². The van der Waals surface area contributed by atoms with Gasteiger partial charge in [-0.1, -0.05) is 76.7 Å². The van der Waals surface area contributed by atoms with Gasteiger partial charge in [-0.25, -0.2) is 4.79 Å². The molecule has 1 heterocycles. The number of hydrogen-bond donors (Lipinski definition) is 0. The van der Waals surface area contributed by atoms with Crippen LogP contribution < -0.4 is 0 Å². The summed E-state index contributed by atoms with van der Waals surface area (Å²) in [5, 5.41) is -0.838. The summed E-state index contributed by atoms with van der Waals surface area (Å²) in [6.07, 6.45) is -1.13. The monoisotopic (exact) mass is 487 g/mol. The Morgan fingerprint density at radius 2 is 1.30 bits per heavy atom. The van der Waals surface area contributed by atoms with Gasteiger partial charge in [-0.05, 0) is 13.8 Å². The molecule has 6 nitrogen and oxygen atoms in total. The molecule has 1 aliphatic rings. The third-order valence-electron chi connectivity index (χ3n) is 4.58. The predicted octanol–water partition coefficient (Wildman–Crippen LogP) is 5.10.